The molecule has 0 amide bonds. The zero-order valence-electron chi connectivity index (χ0n) is 15.0. The number of aliphatic imine (C=N–C) groups is 1. The van der Waals surface area contributed by atoms with E-state index in [4.69, 9.17) is 4.52 Å². The fourth-order valence-corrected chi connectivity index (χ4v) is 3.87. The molecule has 0 atom stereocenters. The molecule has 0 bridgehead atoms. The van der Waals surface area contributed by atoms with Crippen LogP contribution in [-0.2, 0) is 6.42 Å². The summed E-state index contributed by atoms with van der Waals surface area (Å²) in [6.07, 6.45) is 7.62. The Hall–Kier alpha value is -0.860. The van der Waals surface area contributed by atoms with E-state index in [1.807, 2.05) is 7.05 Å². The predicted octanol–water partition coefficient (Wildman–Crippen LogP) is 3.20. The van der Waals surface area contributed by atoms with Gasteiger partial charge in [-0.1, -0.05) is 31.8 Å². The van der Waals surface area contributed by atoms with Crippen molar-refractivity contribution >= 4 is 29.9 Å². The lowest BCUT2D eigenvalue weighted by atomic mass is 9.86. The summed E-state index contributed by atoms with van der Waals surface area (Å²) in [4.78, 5) is 11.3. The van der Waals surface area contributed by atoms with Gasteiger partial charge in [-0.05, 0) is 24.7 Å². The normalized spacial score (nSPS) is 20.0. The number of likely N-dealkylation sites (tertiary alicyclic amines) is 1. The SMILES string of the molecule is CN=C(NCCc1nc(C(C)C)no1)N1CCC2(CCCC2)C1.I. The number of nitrogens with one attached hydrogen (secondary N) is 1. The van der Waals surface area contributed by atoms with Crippen LogP contribution in [0.5, 0.6) is 0 Å². The number of aromatic nitrogens is 2. The molecule has 1 saturated carbocycles. The fourth-order valence-electron chi connectivity index (χ4n) is 3.87. The van der Waals surface area contributed by atoms with Gasteiger partial charge in [-0.15, -0.1) is 24.0 Å². The Morgan fingerprint density at radius 3 is 2.71 bits per heavy atom. The van der Waals surface area contributed by atoms with E-state index >= 15 is 0 Å². The summed E-state index contributed by atoms with van der Waals surface area (Å²) < 4.78 is 5.29. The van der Waals surface area contributed by atoms with Crippen molar-refractivity contribution in [3.8, 4) is 0 Å². The van der Waals surface area contributed by atoms with Gasteiger partial charge in [0.05, 0.1) is 0 Å². The monoisotopic (exact) mass is 447 g/mol. The van der Waals surface area contributed by atoms with Crippen LogP contribution < -0.4 is 5.32 Å². The molecule has 0 aromatic carbocycles. The molecule has 1 N–H and O–H groups in total. The van der Waals surface area contributed by atoms with Crippen LogP contribution in [-0.4, -0.2) is 47.7 Å². The Labute approximate surface area is 161 Å². The van der Waals surface area contributed by atoms with Gasteiger partial charge in [0.25, 0.3) is 0 Å². The number of nitrogens with zero attached hydrogens (tertiary/aromatic N) is 4. The van der Waals surface area contributed by atoms with Gasteiger partial charge in [0.15, 0.2) is 11.8 Å². The summed E-state index contributed by atoms with van der Waals surface area (Å²) >= 11 is 0. The van der Waals surface area contributed by atoms with E-state index in [1.54, 1.807) is 0 Å². The topological polar surface area (TPSA) is 66.5 Å². The van der Waals surface area contributed by atoms with Crippen LogP contribution in [0.1, 0.15) is 63.6 Å². The maximum absolute atomic E-state index is 5.29. The molecule has 2 heterocycles. The maximum Gasteiger partial charge on any atom is 0.228 e. The molecular formula is C17H30IN5O. The molecule has 2 aliphatic rings. The summed E-state index contributed by atoms with van der Waals surface area (Å²) in [7, 11) is 1.87. The van der Waals surface area contributed by atoms with E-state index < -0.39 is 0 Å². The highest BCUT2D eigenvalue weighted by atomic mass is 127. The molecule has 0 radical (unpaired) electrons. The van der Waals surface area contributed by atoms with E-state index in [2.05, 4.69) is 39.2 Å². The minimum Gasteiger partial charge on any atom is -0.356 e. The van der Waals surface area contributed by atoms with Crippen LogP contribution in [0.15, 0.2) is 9.52 Å². The molecule has 24 heavy (non-hydrogen) atoms. The molecule has 6 nitrogen and oxygen atoms in total. The molecule has 1 spiro atoms. The Bertz CT molecular complexity index is 551. The highest BCUT2D eigenvalue weighted by molar-refractivity contribution is 14.0. The van der Waals surface area contributed by atoms with E-state index in [-0.39, 0.29) is 24.0 Å². The van der Waals surface area contributed by atoms with Crippen molar-refractivity contribution in [1.82, 2.24) is 20.4 Å². The van der Waals surface area contributed by atoms with Gasteiger partial charge in [0.2, 0.25) is 5.89 Å². The molecule has 3 rings (SSSR count). The van der Waals surface area contributed by atoms with Gasteiger partial charge < -0.3 is 14.7 Å². The number of guanidine groups is 1. The summed E-state index contributed by atoms with van der Waals surface area (Å²) in [5, 5.41) is 7.46. The third-order valence-electron chi connectivity index (χ3n) is 5.24. The molecule has 0 unspecified atom stereocenters. The molecule has 1 aromatic rings. The van der Waals surface area contributed by atoms with Gasteiger partial charge in [0, 0.05) is 39.0 Å². The Morgan fingerprint density at radius 1 is 1.33 bits per heavy atom. The minimum atomic E-state index is 0. The molecule has 1 aliphatic heterocycles. The summed E-state index contributed by atoms with van der Waals surface area (Å²) in [6.45, 7) is 7.19. The molecule has 2 fully saturated rings. The van der Waals surface area contributed by atoms with Crippen LogP contribution >= 0.6 is 24.0 Å². The van der Waals surface area contributed by atoms with Gasteiger partial charge in [-0.2, -0.15) is 4.98 Å². The quantitative estimate of drug-likeness (QED) is 0.436. The van der Waals surface area contributed by atoms with Gasteiger partial charge in [-0.25, -0.2) is 0 Å². The summed E-state index contributed by atoms with van der Waals surface area (Å²) in [5.41, 5.74) is 0.566. The molecule has 1 saturated heterocycles. The molecular weight excluding hydrogens is 417 g/mol. The van der Waals surface area contributed by atoms with Crippen molar-refractivity contribution in [3.05, 3.63) is 11.7 Å². The number of halogens is 1. The van der Waals surface area contributed by atoms with Crippen molar-refractivity contribution in [2.45, 2.75) is 58.3 Å². The second kappa shape index (κ2) is 8.49. The summed E-state index contributed by atoms with van der Waals surface area (Å²) in [6, 6.07) is 0. The average molecular weight is 447 g/mol. The highest BCUT2D eigenvalue weighted by Crippen LogP contribution is 2.45. The first kappa shape index (κ1) is 19.5. The average Bonchev–Trinajstić information content (AvgIpc) is 3.26. The van der Waals surface area contributed by atoms with Crippen molar-refractivity contribution in [2.24, 2.45) is 10.4 Å². The smallest absolute Gasteiger partial charge is 0.228 e. The minimum absolute atomic E-state index is 0. The molecule has 1 aliphatic carbocycles. The standard InChI is InChI=1S/C17H29N5O.HI/c1-13(2)15-20-14(23-21-15)6-10-19-16(18-3)22-11-9-17(12-22)7-4-5-8-17;/h13H,4-12H2,1-3H3,(H,18,19);1H. The second-order valence-corrected chi connectivity index (χ2v) is 7.30. The van der Waals surface area contributed by atoms with Crippen LogP contribution in [0.3, 0.4) is 0 Å². The Kier molecular flexibility index (Phi) is 6.88. The van der Waals surface area contributed by atoms with Gasteiger partial charge >= 0.3 is 0 Å². The van der Waals surface area contributed by atoms with Crippen LogP contribution in [0.4, 0.5) is 0 Å². The first-order valence-electron chi connectivity index (χ1n) is 8.90. The zero-order valence-corrected chi connectivity index (χ0v) is 17.4. The van der Waals surface area contributed by atoms with Crippen molar-refractivity contribution in [1.29, 1.82) is 0 Å². The first-order valence-corrected chi connectivity index (χ1v) is 8.90. The first-order chi connectivity index (χ1) is 11.1. The van der Waals surface area contributed by atoms with Crippen molar-refractivity contribution in [3.63, 3.8) is 0 Å². The van der Waals surface area contributed by atoms with E-state index in [0.29, 0.717) is 17.2 Å². The highest BCUT2D eigenvalue weighted by Gasteiger charge is 2.41. The van der Waals surface area contributed by atoms with E-state index in [0.717, 1.165) is 37.8 Å². The summed E-state index contributed by atoms with van der Waals surface area (Å²) in [5.74, 6) is 2.80. The zero-order chi connectivity index (χ0) is 16.3. The maximum atomic E-state index is 5.29. The van der Waals surface area contributed by atoms with Crippen molar-refractivity contribution < 1.29 is 4.52 Å². The predicted molar refractivity (Wildman–Crippen MR) is 106 cm³/mol. The Balaban J connectivity index is 0.00000208. The number of hydrogen-bond donors (Lipinski definition) is 1. The molecule has 1 aromatic heterocycles. The lowest BCUT2D eigenvalue weighted by molar-refractivity contribution is 0.309. The lowest BCUT2D eigenvalue weighted by Crippen LogP contribution is -2.41. The third kappa shape index (κ3) is 4.40. The lowest BCUT2D eigenvalue weighted by Gasteiger charge is -2.25. The van der Waals surface area contributed by atoms with Crippen LogP contribution in [0, 0.1) is 5.41 Å². The molecule has 136 valence electrons. The van der Waals surface area contributed by atoms with Gasteiger partial charge in [0.1, 0.15) is 0 Å². The largest absolute Gasteiger partial charge is 0.356 e. The van der Waals surface area contributed by atoms with Crippen LogP contribution in [0.25, 0.3) is 0 Å². The van der Waals surface area contributed by atoms with E-state index in [9.17, 15) is 0 Å². The molecule has 7 heteroatoms. The fraction of sp³-hybridized carbons (Fsp3) is 0.824. The van der Waals surface area contributed by atoms with E-state index in [1.165, 1.54) is 32.1 Å². The van der Waals surface area contributed by atoms with Gasteiger partial charge in [-0.3, -0.25) is 4.99 Å². The number of rotatable bonds is 4. The Morgan fingerprint density at radius 2 is 2.08 bits per heavy atom. The van der Waals surface area contributed by atoms with Crippen LogP contribution in [0.2, 0.25) is 0 Å². The third-order valence-corrected chi connectivity index (χ3v) is 5.24. The second-order valence-electron chi connectivity index (χ2n) is 7.30. The van der Waals surface area contributed by atoms with Crippen molar-refractivity contribution in [2.75, 3.05) is 26.7 Å². The number of hydrogen-bond acceptors (Lipinski definition) is 4.